The summed E-state index contributed by atoms with van der Waals surface area (Å²) < 4.78 is 5.56. The third-order valence-electron chi connectivity index (χ3n) is 4.33. The third-order valence-corrected chi connectivity index (χ3v) is 4.33. The van der Waals surface area contributed by atoms with Crippen molar-refractivity contribution in [2.24, 2.45) is 0 Å². The van der Waals surface area contributed by atoms with Crippen LogP contribution in [0.2, 0.25) is 0 Å². The molecule has 0 saturated carbocycles. The zero-order chi connectivity index (χ0) is 11.6. The van der Waals surface area contributed by atoms with Gasteiger partial charge in [0.2, 0.25) is 0 Å². The van der Waals surface area contributed by atoms with Crippen LogP contribution in [0.3, 0.4) is 0 Å². The molecule has 16 heavy (non-hydrogen) atoms. The molecular formula is C13H15NO2. The molecule has 3 heteroatoms. The summed E-state index contributed by atoms with van der Waals surface area (Å²) in [6.07, 6.45) is 0.463. The summed E-state index contributed by atoms with van der Waals surface area (Å²) in [5.74, 6) is -0.105. The van der Waals surface area contributed by atoms with Gasteiger partial charge in [-0.2, -0.15) is 0 Å². The van der Waals surface area contributed by atoms with Gasteiger partial charge in [-0.1, -0.05) is 18.2 Å². The Labute approximate surface area is 95.0 Å². The lowest BCUT2D eigenvalue weighted by Gasteiger charge is -2.37. The van der Waals surface area contributed by atoms with Crippen molar-refractivity contribution >= 4 is 11.7 Å². The molecule has 0 aromatic heterocycles. The monoisotopic (exact) mass is 217 g/mol. The molecule has 1 aromatic carbocycles. The molecule has 0 bridgehead atoms. The quantitative estimate of drug-likeness (QED) is 0.623. The summed E-state index contributed by atoms with van der Waals surface area (Å²) in [6.45, 7) is 4.11. The Bertz CT molecular complexity index is 485. The number of anilines is 1. The highest BCUT2D eigenvalue weighted by molar-refractivity contribution is 5.81. The van der Waals surface area contributed by atoms with Crippen LogP contribution in [-0.4, -0.2) is 18.7 Å². The fraction of sp³-hybridized carbons (Fsp3) is 0.462. The largest absolute Gasteiger partial charge is 0.438 e. The lowest BCUT2D eigenvalue weighted by atomic mass is 9.76. The molecule has 3 rings (SSSR count). The fourth-order valence-electron chi connectivity index (χ4n) is 3.07. The Morgan fingerprint density at radius 1 is 1.31 bits per heavy atom. The molecule has 2 atom stereocenters. The second-order valence-electron chi connectivity index (χ2n) is 5.04. The zero-order valence-corrected chi connectivity index (χ0v) is 9.78. The Kier molecular flexibility index (Phi) is 1.57. The van der Waals surface area contributed by atoms with Crippen molar-refractivity contribution in [2.75, 3.05) is 11.9 Å². The van der Waals surface area contributed by atoms with Gasteiger partial charge in [0.25, 0.3) is 0 Å². The van der Waals surface area contributed by atoms with Crippen LogP contribution in [0.4, 0.5) is 5.69 Å². The molecule has 3 nitrogen and oxygen atoms in total. The van der Waals surface area contributed by atoms with Gasteiger partial charge in [0, 0.05) is 12.7 Å². The van der Waals surface area contributed by atoms with Gasteiger partial charge in [0.15, 0.2) is 5.72 Å². The molecule has 1 aromatic rings. The molecule has 0 unspecified atom stereocenters. The van der Waals surface area contributed by atoms with E-state index in [1.165, 1.54) is 11.3 Å². The SMILES string of the molecule is CN1c2ccccc2[C@]2(C)CC(=O)O[C@]12C. The van der Waals surface area contributed by atoms with E-state index < -0.39 is 5.72 Å². The van der Waals surface area contributed by atoms with Gasteiger partial charge >= 0.3 is 5.97 Å². The second kappa shape index (κ2) is 2.59. The molecular weight excluding hydrogens is 202 g/mol. The smallest absolute Gasteiger partial charge is 0.309 e. The molecule has 1 fully saturated rings. The van der Waals surface area contributed by atoms with E-state index in [0.29, 0.717) is 6.42 Å². The first-order valence-corrected chi connectivity index (χ1v) is 5.54. The second-order valence-corrected chi connectivity index (χ2v) is 5.04. The number of para-hydroxylation sites is 1. The summed E-state index contributed by atoms with van der Waals surface area (Å²) in [6, 6.07) is 8.22. The van der Waals surface area contributed by atoms with E-state index in [4.69, 9.17) is 4.74 Å². The topological polar surface area (TPSA) is 29.5 Å². The van der Waals surface area contributed by atoms with E-state index in [2.05, 4.69) is 24.0 Å². The molecule has 0 N–H and O–H groups in total. The van der Waals surface area contributed by atoms with Gasteiger partial charge < -0.3 is 9.64 Å². The van der Waals surface area contributed by atoms with Crippen LogP contribution in [0.5, 0.6) is 0 Å². The standard InChI is InChI=1S/C13H15NO2/c1-12-8-11(15)16-13(12,2)14(3)10-7-5-4-6-9(10)12/h4-7H,8H2,1-3H3/t12-,13-/m0/s1. The first-order chi connectivity index (χ1) is 7.49. The van der Waals surface area contributed by atoms with E-state index in [9.17, 15) is 4.79 Å². The predicted molar refractivity (Wildman–Crippen MR) is 61.3 cm³/mol. The van der Waals surface area contributed by atoms with Crippen molar-refractivity contribution in [2.45, 2.75) is 31.4 Å². The Balaban J connectivity index is 2.27. The van der Waals surface area contributed by atoms with E-state index in [1.54, 1.807) is 0 Å². The van der Waals surface area contributed by atoms with Gasteiger partial charge in [0.05, 0.1) is 11.8 Å². The molecule has 2 aliphatic rings. The highest BCUT2D eigenvalue weighted by Crippen LogP contribution is 2.56. The lowest BCUT2D eigenvalue weighted by molar-refractivity contribution is -0.147. The number of fused-ring (bicyclic) bond motifs is 3. The number of likely N-dealkylation sites (N-methyl/N-ethyl adjacent to an activating group) is 1. The number of rotatable bonds is 0. The molecule has 0 amide bonds. The number of esters is 1. The van der Waals surface area contributed by atoms with Crippen LogP contribution >= 0.6 is 0 Å². The van der Waals surface area contributed by atoms with Crippen LogP contribution in [0.1, 0.15) is 25.8 Å². The molecule has 0 spiro atoms. The van der Waals surface area contributed by atoms with Gasteiger partial charge in [-0.25, -0.2) is 0 Å². The van der Waals surface area contributed by atoms with E-state index in [1.807, 2.05) is 26.1 Å². The van der Waals surface area contributed by atoms with Crippen molar-refractivity contribution in [1.82, 2.24) is 0 Å². The van der Waals surface area contributed by atoms with Crippen molar-refractivity contribution < 1.29 is 9.53 Å². The minimum Gasteiger partial charge on any atom is -0.438 e. The highest BCUT2D eigenvalue weighted by atomic mass is 16.6. The van der Waals surface area contributed by atoms with E-state index in [0.717, 1.165) is 0 Å². The van der Waals surface area contributed by atoms with Crippen molar-refractivity contribution in [3.63, 3.8) is 0 Å². The number of hydrogen-bond donors (Lipinski definition) is 0. The summed E-state index contributed by atoms with van der Waals surface area (Å²) >= 11 is 0. The fourth-order valence-corrected chi connectivity index (χ4v) is 3.07. The molecule has 1 saturated heterocycles. The maximum Gasteiger partial charge on any atom is 0.309 e. The maximum absolute atomic E-state index is 11.6. The van der Waals surface area contributed by atoms with Gasteiger partial charge in [0.1, 0.15) is 0 Å². The minimum absolute atomic E-state index is 0.105. The summed E-state index contributed by atoms with van der Waals surface area (Å²) in [5.41, 5.74) is 1.62. The number of hydrogen-bond acceptors (Lipinski definition) is 3. The van der Waals surface area contributed by atoms with Crippen LogP contribution in [-0.2, 0) is 14.9 Å². The summed E-state index contributed by atoms with van der Waals surface area (Å²) in [5, 5.41) is 0. The average molecular weight is 217 g/mol. The first-order valence-electron chi connectivity index (χ1n) is 5.54. The third kappa shape index (κ3) is 0.833. The molecule has 2 aliphatic heterocycles. The lowest BCUT2D eigenvalue weighted by Crippen LogP contribution is -2.50. The van der Waals surface area contributed by atoms with Crippen molar-refractivity contribution in [3.8, 4) is 0 Å². The van der Waals surface area contributed by atoms with Crippen LogP contribution in [0.15, 0.2) is 24.3 Å². The summed E-state index contributed by atoms with van der Waals surface area (Å²) in [7, 11) is 1.99. The van der Waals surface area contributed by atoms with E-state index >= 15 is 0 Å². The predicted octanol–water partition coefficient (Wildman–Crippen LogP) is 2.06. The Hall–Kier alpha value is -1.51. The maximum atomic E-state index is 11.6. The molecule has 84 valence electrons. The van der Waals surface area contributed by atoms with Crippen molar-refractivity contribution in [3.05, 3.63) is 29.8 Å². The molecule has 2 heterocycles. The number of ether oxygens (including phenoxy) is 1. The van der Waals surface area contributed by atoms with Crippen molar-refractivity contribution in [1.29, 1.82) is 0 Å². The van der Waals surface area contributed by atoms with Gasteiger partial charge in [-0.3, -0.25) is 4.79 Å². The van der Waals surface area contributed by atoms with Crippen LogP contribution < -0.4 is 4.90 Å². The van der Waals surface area contributed by atoms with Gasteiger partial charge in [-0.15, -0.1) is 0 Å². The zero-order valence-electron chi connectivity index (χ0n) is 9.78. The molecule has 0 radical (unpaired) electrons. The number of carbonyl (C=O) groups excluding carboxylic acids is 1. The first kappa shape index (κ1) is 9.70. The van der Waals surface area contributed by atoms with Crippen LogP contribution in [0, 0.1) is 0 Å². The van der Waals surface area contributed by atoms with Gasteiger partial charge in [-0.05, 0) is 25.5 Å². The number of benzene rings is 1. The minimum atomic E-state index is -0.534. The Morgan fingerprint density at radius 3 is 2.75 bits per heavy atom. The number of carbonyl (C=O) groups is 1. The Morgan fingerprint density at radius 2 is 2.00 bits per heavy atom. The summed E-state index contributed by atoms with van der Waals surface area (Å²) in [4.78, 5) is 13.7. The molecule has 0 aliphatic carbocycles. The number of nitrogens with zero attached hydrogens (tertiary/aromatic N) is 1. The normalized spacial score (nSPS) is 35.9. The van der Waals surface area contributed by atoms with Crippen LogP contribution in [0.25, 0.3) is 0 Å². The van der Waals surface area contributed by atoms with E-state index in [-0.39, 0.29) is 11.4 Å². The highest BCUT2D eigenvalue weighted by Gasteiger charge is 2.63. The average Bonchev–Trinajstić information content (AvgIpc) is 2.57.